The van der Waals surface area contributed by atoms with Gasteiger partial charge in [-0.05, 0) is 31.2 Å². The van der Waals surface area contributed by atoms with E-state index in [1.165, 1.54) is 0 Å². The number of likely N-dealkylation sites (N-methyl/N-ethyl adjacent to an activating group) is 1. The van der Waals surface area contributed by atoms with Crippen LogP contribution in [0, 0.1) is 11.8 Å². The van der Waals surface area contributed by atoms with Crippen molar-refractivity contribution >= 4 is 21.8 Å². The van der Waals surface area contributed by atoms with E-state index < -0.39 is 27.9 Å². The maximum atomic E-state index is 13.3. The molecule has 2 amide bonds. The molecule has 0 N–H and O–H groups in total. The van der Waals surface area contributed by atoms with Gasteiger partial charge in [0.2, 0.25) is 15.9 Å². The summed E-state index contributed by atoms with van der Waals surface area (Å²) in [6.07, 6.45) is 2.69. The van der Waals surface area contributed by atoms with Gasteiger partial charge >= 0.3 is 0 Å². The summed E-state index contributed by atoms with van der Waals surface area (Å²) in [7, 11) is -1.66. The number of hydrogen-bond acceptors (Lipinski definition) is 7. The van der Waals surface area contributed by atoms with Gasteiger partial charge in [0.1, 0.15) is 5.76 Å². The first-order chi connectivity index (χ1) is 14.6. The first-order valence-electron chi connectivity index (χ1n) is 10.6. The monoisotopic (exact) mass is 450 g/mol. The highest BCUT2D eigenvalue weighted by molar-refractivity contribution is 7.89. The van der Waals surface area contributed by atoms with E-state index in [1.807, 2.05) is 19.9 Å². The Balaban J connectivity index is 1.52. The Labute approximate surface area is 183 Å². The Hall–Kier alpha value is -2.17. The molecule has 4 heterocycles. The van der Waals surface area contributed by atoms with Gasteiger partial charge in [0.15, 0.2) is 5.76 Å². The number of rotatable bonds is 5. The molecule has 9 nitrogen and oxygen atoms in total. The summed E-state index contributed by atoms with van der Waals surface area (Å²) in [5.41, 5.74) is 0.378. The van der Waals surface area contributed by atoms with Gasteiger partial charge in [-0.1, -0.05) is 13.8 Å². The van der Waals surface area contributed by atoms with E-state index in [1.54, 1.807) is 17.0 Å². The Bertz CT molecular complexity index is 1010. The van der Waals surface area contributed by atoms with Crippen LogP contribution in [0.2, 0.25) is 0 Å². The van der Waals surface area contributed by atoms with E-state index in [0.717, 1.165) is 42.5 Å². The zero-order valence-electron chi connectivity index (χ0n) is 18.4. The molecule has 10 heteroatoms. The Morgan fingerprint density at radius 1 is 1.19 bits per heavy atom. The van der Waals surface area contributed by atoms with Crippen molar-refractivity contribution in [1.29, 1.82) is 0 Å². The SMILES string of the molecule is CC(C)[C@H]1C(=O)N(S(C)(=O)=O)C2=CCN(C(=O)c3ccc(CN4CCN(C)CC4)o3)[C@@H]21. The molecule has 2 saturated heterocycles. The maximum absolute atomic E-state index is 13.3. The third-order valence-corrected chi connectivity index (χ3v) is 7.41. The second-order valence-electron chi connectivity index (χ2n) is 9.01. The molecule has 3 aliphatic heterocycles. The van der Waals surface area contributed by atoms with Gasteiger partial charge in [0, 0.05) is 32.7 Å². The highest BCUT2D eigenvalue weighted by atomic mass is 32.2. The minimum atomic E-state index is -3.76. The summed E-state index contributed by atoms with van der Waals surface area (Å²) in [5, 5.41) is 0. The quantitative estimate of drug-likeness (QED) is 0.655. The molecule has 1 aromatic rings. The average Bonchev–Trinajstić information content (AvgIpc) is 3.36. The Morgan fingerprint density at radius 3 is 2.48 bits per heavy atom. The van der Waals surface area contributed by atoms with Crippen LogP contribution in [0.1, 0.15) is 30.2 Å². The summed E-state index contributed by atoms with van der Waals surface area (Å²) in [6.45, 7) is 8.51. The second kappa shape index (κ2) is 8.07. The van der Waals surface area contributed by atoms with Gasteiger partial charge in [-0.25, -0.2) is 12.7 Å². The molecule has 170 valence electrons. The lowest BCUT2D eigenvalue weighted by Gasteiger charge is -2.31. The number of hydrogen-bond donors (Lipinski definition) is 0. The Morgan fingerprint density at radius 2 is 1.87 bits per heavy atom. The number of carbonyl (C=O) groups is 2. The third kappa shape index (κ3) is 4.04. The lowest BCUT2D eigenvalue weighted by Crippen LogP contribution is -2.43. The lowest BCUT2D eigenvalue weighted by atomic mass is 9.89. The number of amides is 2. The molecule has 0 aromatic carbocycles. The zero-order valence-corrected chi connectivity index (χ0v) is 19.3. The van der Waals surface area contributed by atoms with Crippen molar-refractivity contribution in [3.05, 3.63) is 35.4 Å². The summed E-state index contributed by atoms with van der Waals surface area (Å²) in [5.74, 6) is -0.582. The number of fused-ring (bicyclic) bond motifs is 1. The number of piperazine rings is 1. The molecule has 2 atom stereocenters. The third-order valence-electron chi connectivity index (χ3n) is 6.35. The highest BCUT2D eigenvalue weighted by Crippen LogP contribution is 2.41. The van der Waals surface area contributed by atoms with Crippen molar-refractivity contribution in [3.63, 3.8) is 0 Å². The van der Waals surface area contributed by atoms with Crippen molar-refractivity contribution < 1.29 is 22.4 Å². The molecule has 0 aliphatic carbocycles. The molecule has 0 unspecified atom stereocenters. The van der Waals surface area contributed by atoms with Gasteiger partial charge in [-0.2, -0.15) is 0 Å². The summed E-state index contributed by atoms with van der Waals surface area (Å²) >= 11 is 0. The van der Waals surface area contributed by atoms with E-state index in [4.69, 9.17) is 4.42 Å². The van der Waals surface area contributed by atoms with Gasteiger partial charge in [0.05, 0.1) is 30.5 Å². The van der Waals surface area contributed by atoms with Crippen LogP contribution in [0.5, 0.6) is 0 Å². The smallest absolute Gasteiger partial charge is 0.290 e. The maximum Gasteiger partial charge on any atom is 0.290 e. The van der Waals surface area contributed by atoms with E-state index in [9.17, 15) is 18.0 Å². The average molecular weight is 451 g/mol. The van der Waals surface area contributed by atoms with Gasteiger partial charge in [-0.3, -0.25) is 14.5 Å². The molecular weight excluding hydrogens is 420 g/mol. The second-order valence-corrected chi connectivity index (χ2v) is 10.8. The topological polar surface area (TPSA) is 94.4 Å². The number of furan rings is 1. The normalized spacial score (nSPS) is 25.5. The van der Waals surface area contributed by atoms with Crippen LogP contribution < -0.4 is 0 Å². The predicted molar refractivity (Wildman–Crippen MR) is 114 cm³/mol. The highest BCUT2D eigenvalue weighted by Gasteiger charge is 2.55. The predicted octanol–water partition coefficient (Wildman–Crippen LogP) is 0.809. The van der Waals surface area contributed by atoms with Crippen molar-refractivity contribution in [2.45, 2.75) is 26.4 Å². The molecule has 3 aliphatic rings. The first-order valence-corrected chi connectivity index (χ1v) is 12.5. The van der Waals surface area contributed by atoms with Crippen LogP contribution in [0.3, 0.4) is 0 Å². The molecule has 2 fully saturated rings. The largest absolute Gasteiger partial charge is 0.455 e. The van der Waals surface area contributed by atoms with Gasteiger partial charge < -0.3 is 14.2 Å². The fourth-order valence-corrected chi connectivity index (χ4v) is 5.74. The van der Waals surface area contributed by atoms with Crippen molar-refractivity contribution in [3.8, 4) is 0 Å². The van der Waals surface area contributed by atoms with Crippen LogP contribution in [-0.2, 0) is 21.4 Å². The van der Waals surface area contributed by atoms with Crippen LogP contribution in [0.25, 0.3) is 0 Å². The lowest BCUT2D eigenvalue weighted by molar-refractivity contribution is -0.128. The standard InChI is InChI=1S/C21H30N4O5S/c1-14(2)18-19-16(25(21(18)27)31(4,28)29)7-8-24(19)20(26)17-6-5-15(30-17)13-23-11-9-22(3)10-12-23/h5-7,14,18-19H,8-13H2,1-4H3/t18-,19+/m1/s1. The van der Waals surface area contributed by atoms with E-state index in [0.29, 0.717) is 12.2 Å². The molecule has 4 rings (SSSR count). The molecule has 0 saturated carbocycles. The minimum Gasteiger partial charge on any atom is -0.455 e. The molecular formula is C21H30N4O5S. The number of carbonyl (C=O) groups excluding carboxylic acids is 2. The van der Waals surface area contributed by atoms with Crippen LogP contribution in [0.4, 0.5) is 0 Å². The van der Waals surface area contributed by atoms with Crippen LogP contribution >= 0.6 is 0 Å². The number of sulfonamides is 1. The van der Waals surface area contributed by atoms with Crippen LogP contribution in [-0.4, -0.2) is 91.3 Å². The van der Waals surface area contributed by atoms with Crippen LogP contribution in [0.15, 0.2) is 28.3 Å². The fraction of sp³-hybridized carbons (Fsp3) is 0.619. The van der Waals surface area contributed by atoms with E-state index in [-0.39, 0.29) is 24.1 Å². The zero-order chi connectivity index (χ0) is 22.5. The Kier molecular flexibility index (Phi) is 5.74. The van der Waals surface area contributed by atoms with Gasteiger partial charge in [-0.15, -0.1) is 0 Å². The van der Waals surface area contributed by atoms with Gasteiger partial charge in [0.25, 0.3) is 5.91 Å². The number of nitrogens with zero attached hydrogens (tertiary/aromatic N) is 4. The summed E-state index contributed by atoms with van der Waals surface area (Å²) in [6, 6.07) is 2.89. The first kappa shape index (κ1) is 22.0. The van der Waals surface area contributed by atoms with E-state index >= 15 is 0 Å². The minimum absolute atomic E-state index is 0.120. The van der Waals surface area contributed by atoms with Crippen molar-refractivity contribution in [2.75, 3.05) is 46.0 Å². The molecule has 0 spiro atoms. The molecule has 1 aromatic heterocycles. The van der Waals surface area contributed by atoms with Crippen molar-refractivity contribution in [2.24, 2.45) is 11.8 Å². The summed E-state index contributed by atoms with van der Waals surface area (Å²) in [4.78, 5) is 32.3. The van der Waals surface area contributed by atoms with E-state index in [2.05, 4.69) is 16.8 Å². The fourth-order valence-electron chi connectivity index (χ4n) is 4.72. The van der Waals surface area contributed by atoms with Crippen molar-refractivity contribution in [1.82, 2.24) is 19.0 Å². The molecule has 0 bridgehead atoms. The molecule has 0 radical (unpaired) electrons. The summed E-state index contributed by atoms with van der Waals surface area (Å²) < 4.78 is 31.2. The molecule has 31 heavy (non-hydrogen) atoms.